The van der Waals surface area contributed by atoms with E-state index in [2.05, 4.69) is 24.1 Å². The van der Waals surface area contributed by atoms with Crippen LogP contribution >= 0.6 is 11.3 Å². The highest BCUT2D eigenvalue weighted by atomic mass is 32.1. The highest BCUT2D eigenvalue weighted by molar-refractivity contribution is 7.10. The average molecular weight is 460 g/mol. The van der Waals surface area contributed by atoms with Gasteiger partial charge in [0.1, 0.15) is 5.82 Å². The zero-order chi connectivity index (χ0) is 23.1. The van der Waals surface area contributed by atoms with E-state index in [-0.39, 0.29) is 12.3 Å². The van der Waals surface area contributed by atoms with E-state index in [9.17, 15) is 14.4 Å². The van der Waals surface area contributed by atoms with Crippen LogP contribution < -0.4 is 16.6 Å². The number of aromatic nitrogens is 4. The highest BCUT2D eigenvalue weighted by Gasteiger charge is 2.19. The Kier molecular flexibility index (Phi) is 8.44. The van der Waals surface area contributed by atoms with Gasteiger partial charge in [-0.3, -0.25) is 19.1 Å². The number of unbranched alkanes of at least 4 members (excludes halogenated alkanes) is 3. The molecule has 32 heavy (non-hydrogen) atoms. The van der Waals surface area contributed by atoms with Crippen LogP contribution in [0.3, 0.4) is 0 Å². The minimum Gasteiger partial charge on any atom is -0.351 e. The minimum absolute atomic E-state index is 0.0535. The maximum absolute atomic E-state index is 12.7. The van der Waals surface area contributed by atoms with Crippen molar-refractivity contribution < 1.29 is 4.79 Å². The molecule has 8 nitrogen and oxygen atoms in total. The van der Waals surface area contributed by atoms with Gasteiger partial charge in [-0.1, -0.05) is 33.1 Å². The van der Waals surface area contributed by atoms with E-state index in [4.69, 9.17) is 4.98 Å². The lowest BCUT2D eigenvalue weighted by Crippen LogP contribution is -2.31. The van der Waals surface area contributed by atoms with E-state index in [1.54, 1.807) is 15.9 Å². The number of nitrogens with zero attached hydrogens (tertiary/aromatic N) is 3. The van der Waals surface area contributed by atoms with E-state index in [0.717, 1.165) is 37.0 Å². The van der Waals surface area contributed by atoms with E-state index < -0.39 is 11.2 Å². The van der Waals surface area contributed by atoms with Crippen LogP contribution in [0.1, 0.15) is 68.6 Å². The standard InChI is InChI=1S/C23H33N5O3S/c1-4-6-8-13-27-18(9-10-19(29)24-15-17-16(3)11-14-32-17)25-21-20(27)22(30)26-23(31)28(21)12-7-5-2/h11,14H,4-10,12-13,15H2,1-3H3,(H,24,29)(H,26,30,31). The van der Waals surface area contributed by atoms with Crippen LogP contribution in [0.5, 0.6) is 0 Å². The smallest absolute Gasteiger partial charge is 0.330 e. The summed E-state index contributed by atoms with van der Waals surface area (Å²) < 4.78 is 3.46. The van der Waals surface area contributed by atoms with Gasteiger partial charge in [0, 0.05) is 30.8 Å². The van der Waals surface area contributed by atoms with Gasteiger partial charge in [0.05, 0.1) is 6.54 Å². The molecular formula is C23H33N5O3S. The fraction of sp³-hybridized carbons (Fsp3) is 0.565. The highest BCUT2D eigenvalue weighted by Crippen LogP contribution is 2.17. The SMILES string of the molecule is CCCCCn1c(CCC(=O)NCc2sccc2C)nc2c1c(=O)[nH]c(=O)n2CCCC. The summed E-state index contributed by atoms with van der Waals surface area (Å²) in [5.41, 5.74) is 1.20. The van der Waals surface area contributed by atoms with E-state index >= 15 is 0 Å². The van der Waals surface area contributed by atoms with Crippen LogP contribution in [0.15, 0.2) is 21.0 Å². The second-order valence-electron chi connectivity index (χ2n) is 8.13. The van der Waals surface area contributed by atoms with Crippen LogP contribution in [-0.4, -0.2) is 25.0 Å². The maximum atomic E-state index is 12.7. The molecule has 3 heterocycles. The largest absolute Gasteiger partial charge is 0.351 e. The topological polar surface area (TPSA) is 102 Å². The third kappa shape index (κ3) is 5.56. The molecule has 0 bridgehead atoms. The number of fused-ring (bicyclic) bond motifs is 1. The van der Waals surface area contributed by atoms with E-state index in [0.29, 0.717) is 43.0 Å². The summed E-state index contributed by atoms with van der Waals surface area (Å²) in [6.45, 7) is 7.89. The summed E-state index contributed by atoms with van der Waals surface area (Å²) in [7, 11) is 0. The van der Waals surface area contributed by atoms with Crippen molar-refractivity contribution >= 4 is 28.4 Å². The molecule has 0 saturated heterocycles. The minimum atomic E-state index is -0.426. The van der Waals surface area contributed by atoms with Crippen LogP contribution in [0, 0.1) is 6.92 Å². The third-order valence-electron chi connectivity index (χ3n) is 5.68. The second-order valence-corrected chi connectivity index (χ2v) is 9.13. The van der Waals surface area contributed by atoms with Gasteiger partial charge >= 0.3 is 5.69 Å². The zero-order valence-corrected chi connectivity index (χ0v) is 20.0. The van der Waals surface area contributed by atoms with Gasteiger partial charge in [0.2, 0.25) is 5.91 Å². The Hall–Kier alpha value is -2.68. The number of hydrogen-bond donors (Lipinski definition) is 2. The number of amides is 1. The summed E-state index contributed by atoms with van der Waals surface area (Å²) in [6.07, 6.45) is 5.45. The maximum Gasteiger partial charge on any atom is 0.330 e. The first-order valence-electron chi connectivity index (χ1n) is 11.5. The number of thiophene rings is 1. The lowest BCUT2D eigenvalue weighted by atomic mass is 10.2. The van der Waals surface area contributed by atoms with Crippen molar-refractivity contribution in [2.45, 2.75) is 85.4 Å². The molecule has 0 aliphatic rings. The molecule has 3 aromatic heterocycles. The van der Waals surface area contributed by atoms with Gasteiger partial charge in [-0.2, -0.15) is 0 Å². The normalized spacial score (nSPS) is 11.3. The van der Waals surface area contributed by atoms with Crippen LogP contribution in [-0.2, 0) is 30.8 Å². The van der Waals surface area contributed by atoms with Crippen molar-refractivity contribution in [1.29, 1.82) is 0 Å². The van der Waals surface area contributed by atoms with E-state index in [1.807, 2.05) is 22.9 Å². The van der Waals surface area contributed by atoms with Crippen molar-refractivity contribution in [3.8, 4) is 0 Å². The molecule has 0 radical (unpaired) electrons. The molecule has 0 aliphatic carbocycles. The van der Waals surface area contributed by atoms with Crippen molar-refractivity contribution in [2.24, 2.45) is 0 Å². The van der Waals surface area contributed by atoms with Crippen molar-refractivity contribution in [2.75, 3.05) is 0 Å². The summed E-state index contributed by atoms with van der Waals surface area (Å²) in [4.78, 5) is 45.9. The number of aromatic amines is 1. The van der Waals surface area contributed by atoms with Crippen LogP contribution in [0.25, 0.3) is 11.2 Å². The number of rotatable bonds is 12. The fourth-order valence-corrected chi connectivity index (χ4v) is 4.62. The third-order valence-corrected chi connectivity index (χ3v) is 6.70. The van der Waals surface area contributed by atoms with Gasteiger partial charge < -0.3 is 9.88 Å². The zero-order valence-electron chi connectivity index (χ0n) is 19.2. The molecule has 3 aromatic rings. The first kappa shape index (κ1) is 24.0. The molecule has 9 heteroatoms. The molecule has 0 fully saturated rings. The monoisotopic (exact) mass is 459 g/mol. The van der Waals surface area contributed by atoms with Crippen molar-refractivity contribution in [3.63, 3.8) is 0 Å². The predicted octanol–water partition coefficient (Wildman–Crippen LogP) is 3.50. The molecule has 3 rings (SSSR count). The second kappa shape index (κ2) is 11.3. The summed E-state index contributed by atoms with van der Waals surface area (Å²) in [5, 5.41) is 4.99. The Balaban J connectivity index is 1.85. The number of aryl methyl sites for hydroxylation is 4. The van der Waals surface area contributed by atoms with Crippen molar-refractivity contribution in [3.05, 3.63) is 48.5 Å². The number of hydrogen-bond acceptors (Lipinski definition) is 5. The number of imidazole rings is 1. The summed E-state index contributed by atoms with van der Waals surface area (Å²) in [6, 6.07) is 2.04. The Morgan fingerprint density at radius 1 is 1.12 bits per heavy atom. The van der Waals surface area contributed by atoms with Crippen LogP contribution in [0.2, 0.25) is 0 Å². The summed E-state index contributed by atoms with van der Waals surface area (Å²) in [5.74, 6) is 0.627. The molecular weight excluding hydrogens is 426 g/mol. The first-order chi connectivity index (χ1) is 15.5. The number of carbonyl (C=O) groups excluding carboxylic acids is 1. The molecule has 0 spiro atoms. The first-order valence-corrected chi connectivity index (χ1v) is 12.4. The van der Waals surface area contributed by atoms with Crippen LogP contribution in [0.4, 0.5) is 0 Å². The Morgan fingerprint density at radius 2 is 1.88 bits per heavy atom. The molecule has 0 aromatic carbocycles. The van der Waals surface area contributed by atoms with E-state index in [1.165, 1.54) is 5.56 Å². The van der Waals surface area contributed by atoms with Gasteiger partial charge in [-0.25, -0.2) is 9.78 Å². The van der Waals surface area contributed by atoms with Gasteiger partial charge in [0.15, 0.2) is 11.2 Å². The quantitative estimate of drug-likeness (QED) is 0.405. The van der Waals surface area contributed by atoms with Gasteiger partial charge in [0.25, 0.3) is 5.56 Å². The lowest BCUT2D eigenvalue weighted by molar-refractivity contribution is -0.121. The predicted molar refractivity (Wildman–Crippen MR) is 128 cm³/mol. The number of carbonyl (C=O) groups is 1. The summed E-state index contributed by atoms with van der Waals surface area (Å²) >= 11 is 1.63. The molecule has 0 saturated carbocycles. The van der Waals surface area contributed by atoms with Gasteiger partial charge in [-0.15, -0.1) is 11.3 Å². The molecule has 0 unspecified atom stereocenters. The molecule has 1 amide bonds. The Bertz CT molecular complexity index is 1170. The Morgan fingerprint density at radius 3 is 2.56 bits per heavy atom. The average Bonchev–Trinajstić information content (AvgIpc) is 3.34. The molecule has 0 aliphatic heterocycles. The molecule has 2 N–H and O–H groups in total. The molecule has 174 valence electrons. The number of nitrogens with one attached hydrogen (secondary N) is 2. The Labute approximate surface area is 191 Å². The lowest BCUT2D eigenvalue weighted by Gasteiger charge is -2.09. The van der Waals surface area contributed by atoms with Crippen molar-refractivity contribution in [1.82, 2.24) is 24.4 Å². The van der Waals surface area contributed by atoms with Gasteiger partial charge in [-0.05, 0) is 36.8 Å². The number of H-pyrrole nitrogens is 1. The molecule has 0 atom stereocenters. The fourth-order valence-electron chi connectivity index (χ4n) is 3.77.